The Morgan fingerprint density at radius 1 is 1.06 bits per heavy atom. The van der Waals surface area contributed by atoms with Crippen molar-refractivity contribution >= 4 is 44.8 Å². The molecule has 0 aromatic heterocycles. The van der Waals surface area contributed by atoms with Crippen LogP contribution in [0.25, 0.3) is 0 Å². The quantitative estimate of drug-likeness (QED) is 0.270. The Morgan fingerprint density at radius 3 is 2.24 bits per heavy atom. The molecule has 0 spiro atoms. The smallest absolute Gasteiger partial charge is 0.271 e. The number of hydrogen-bond donors (Lipinski definition) is 1. The maximum atomic E-state index is 13.1. The maximum Gasteiger partial charge on any atom is 0.271 e. The number of aryl methyl sites for hydroxylation is 1. The van der Waals surface area contributed by atoms with Gasteiger partial charge in [0.15, 0.2) is 0 Å². The summed E-state index contributed by atoms with van der Waals surface area (Å²) in [7, 11) is -3.77. The minimum absolute atomic E-state index is 0.124. The monoisotopic (exact) mass is 485 g/mol. The van der Waals surface area contributed by atoms with E-state index in [9.17, 15) is 23.3 Å². The molecule has 33 heavy (non-hydrogen) atoms. The highest BCUT2D eigenvalue weighted by Gasteiger charge is 2.24. The molecule has 1 amide bonds. The van der Waals surface area contributed by atoms with Gasteiger partial charge in [-0.2, -0.15) is 0 Å². The Balaban J connectivity index is 1.82. The molecule has 0 aliphatic carbocycles. The molecule has 0 fully saturated rings. The van der Waals surface area contributed by atoms with Crippen molar-refractivity contribution in [2.45, 2.75) is 23.6 Å². The molecule has 172 valence electrons. The summed E-state index contributed by atoms with van der Waals surface area (Å²) in [6, 6.07) is 17.1. The van der Waals surface area contributed by atoms with Crippen LogP contribution < -0.4 is 9.62 Å². The van der Waals surface area contributed by atoms with Crippen LogP contribution in [-0.4, -0.2) is 32.0 Å². The second-order valence-electron chi connectivity index (χ2n) is 7.10. The van der Waals surface area contributed by atoms with Gasteiger partial charge in [-0.05, 0) is 74.2 Å². The van der Waals surface area contributed by atoms with Gasteiger partial charge in [0.1, 0.15) is 0 Å². The number of nitrogens with zero attached hydrogens (tertiary/aromatic N) is 2. The van der Waals surface area contributed by atoms with Gasteiger partial charge in [-0.3, -0.25) is 19.2 Å². The molecule has 10 heteroatoms. The van der Waals surface area contributed by atoms with Gasteiger partial charge in [0.25, 0.3) is 21.6 Å². The largest absolute Gasteiger partial charge is 0.321 e. The van der Waals surface area contributed by atoms with E-state index in [4.69, 9.17) is 0 Å². The SMILES string of the molecule is CCN(c1ccc(C(=O)Nc2cc([N+](=O)[O-])ccc2C)cc1)S(=O)(=O)c1ccc(SC)cc1. The molecule has 0 bridgehead atoms. The molecule has 0 saturated carbocycles. The van der Waals surface area contributed by atoms with E-state index in [1.165, 1.54) is 40.3 Å². The summed E-state index contributed by atoms with van der Waals surface area (Å²) in [5, 5.41) is 13.7. The van der Waals surface area contributed by atoms with Crippen LogP contribution in [-0.2, 0) is 10.0 Å². The molecular weight excluding hydrogens is 462 g/mol. The van der Waals surface area contributed by atoms with Crippen LogP contribution >= 0.6 is 11.8 Å². The maximum absolute atomic E-state index is 13.1. The van der Waals surface area contributed by atoms with Gasteiger partial charge >= 0.3 is 0 Å². The van der Waals surface area contributed by atoms with Crippen LogP contribution in [0.1, 0.15) is 22.8 Å². The molecule has 0 aliphatic heterocycles. The van der Waals surface area contributed by atoms with Crippen molar-refractivity contribution in [2.24, 2.45) is 0 Å². The molecule has 3 aromatic rings. The highest BCUT2D eigenvalue weighted by molar-refractivity contribution is 7.98. The molecule has 3 aromatic carbocycles. The zero-order chi connectivity index (χ0) is 24.2. The van der Waals surface area contributed by atoms with Gasteiger partial charge in [-0.15, -0.1) is 11.8 Å². The Labute approximate surface area is 196 Å². The second kappa shape index (κ2) is 10.1. The number of amides is 1. The number of nitro groups is 1. The summed E-state index contributed by atoms with van der Waals surface area (Å²) in [5.74, 6) is -0.455. The Kier molecular flexibility index (Phi) is 7.39. The number of non-ortho nitro benzene ring substituents is 1. The number of rotatable bonds is 8. The lowest BCUT2D eigenvalue weighted by atomic mass is 10.1. The van der Waals surface area contributed by atoms with E-state index >= 15 is 0 Å². The average Bonchev–Trinajstić information content (AvgIpc) is 2.81. The van der Waals surface area contributed by atoms with Crippen LogP contribution in [0.4, 0.5) is 17.1 Å². The number of anilines is 2. The summed E-state index contributed by atoms with van der Waals surface area (Å²) in [5.41, 5.74) is 1.61. The van der Waals surface area contributed by atoms with Crippen molar-refractivity contribution in [3.8, 4) is 0 Å². The van der Waals surface area contributed by atoms with Gasteiger partial charge in [-0.25, -0.2) is 8.42 Å². The highest BCUT2D eigenvalue weighted by atomic mass is 32.2. The van der Waals surface area contributed by atoms with Crippen molar-refractivity contribution in [3.05, 3.63) is 88.0 Å². The number of benzene rings is 3. The van der Waals surface area contributed by atoms with Crippen molar-refractivity contribution in [1.29, 1.82) is 0 Å². The highest BCUT2D eigenvalue weighted by Crippen LogP contribution is 2.26. The molecule has 0 saturated heterocycles. The fraction of sp³-hybridized carbons (Fsp3) is 0.174. The van der Waals surface area contributed by atoms with Gasteiger partial charge in [0, 0.05) is 29.1 Å². The van der Waals surface area contributed by atoms with Crippen LogP contribution in [0.3, 0.4) is 0 Å². The minimum atomic E-state index is -3.77. The third kappa shape index (κ3) is 5.35. The lowest BCUT2D eigenvalue weighted by molar-refractivity contribution is -0.384. The summed E-state index contributed by atoms with van der Waals surface area (Å²) in [4.78, 5) is 24.3. The number of carbonyl (C=O) groups excluding carboxylic acids is 1. The zero-order valence-electron chi connectivity index (χ0n) is 18.3. The van der Waals surface area contributed by atoms with Crippen LogP contribution in [0.15, 0.2) is 76.5 Å². The summed E-state index contributed by atoms with van der Waals surface area (Å²) in [6.45, 7) is 3.68. The number of hydrogen-bond acceptors (Lipinski definition) is 6. The third-order valence-corrected chi connectivity index (χ3v) is 7.69. The van der Waals surface area contributed by atoms with Crippen molar-refractivity contribution in [1.82, 2.24) is 0 Å². The number of nitro benzene ring substituents is 1. The predicted octanol–water partition coefficient (Wildman–Crippen LogP) is 5.09. The van der Waals surface area contributed by atoms with Crippen molar-refractivity contribution in [3.63, 3.8) is 0 Å². The Hall–Kier alpha value is -3.37. The molecule has 0 unspecified atom stereocenters. The van der Waals surface area contributed by atoms with Crippen molar-refractivity contribution in [2.75, 3.05) is 22.4 Å². The first-order valence-corrected chi connectivity index (χ1v) is 12.7. The number of carbonyl (C=O) groups is 1. The summed E-state index contributed by atoms with van der Waals surface area (Å²) in [6.07, 6.45) is 1.92. The van der Waals surface area contributed by atoms with E-state index in [2.05, 4.69) is 5.32 Å². The molecule has 1 N–H and O–H groups in total. The second-order valence-corrected chi connectivity index (χ2v) is 9.84. The fourth-order valence-electron chi connectivity index (χ4n) is 3.20. The lowest BCUT2D eigenvalue weighted by Gasteiger charge is -2.23. The normalized spacial score (nSPS) is 11.1. The number of nitrogens with one attached hydrogen (secondary N) is 1. The van der Waals surface area contributed by atoms with Gasteiger partial charge in [-0.1, -0.05) is 6.07 Å². The zero-order valence-corrected chi connectivity index (χ0v) is 19.9. The average molecular weight is 486 g/mol. The van der Waals surface area contributed by atoms with E-state index in [1.54, 1.807) is 56.3 Å². The molecule has 0 aliphatic rings. The van der Waals surface area contributed by atoms with Gasteiger partial charge in [0.05, 0.1) is 21.2 Å². The van der Waals surface area contributed by atoms with Crippen LogP contribution in [0.2, 0.25) is 0 Å². The first-order valence-electron chi connectivity index (χ1n) is 10.0. The van der Waals surface area contributed by atoms with Gasteiger partial charge in [0.2, 0.25) is 0 Å². The number of sulfonamides is 1. The molecule has 0 radical (unpaired) electrons. The molecule has 8 nitrogen and oxygen atoms in total. The third-order valence-electron chi connectivity index (χ3n) is 5.03. The van der Waals surface area contributed by atoms with E-state index in [0.29, 0.717) is 22.5 Å². The Bertz CT molecular complexity index is 1270. The molecule has 0 heterocycles. The molecule has 0 atom stereocenters. The summed E-state index contributed by atoms with van der Waals surface area (Å²) >= 11 is 1.53. The van der Waals surface area contributed by atoms with Crippen molar-refractivity contribution < 1.29 is 18.1 Å². The summed E-state index contributed by atoms with van der Waals surface area (Å²) < 4.78 is 27.5. The number of thioether (sulfide) groups is 1. The first kappa shape index (κ1) is 24.3. The Morgan fingerprint density at radius 2 is 1.70 bits per heavy atom. The lowest BCUT2D eigenvalue weighted by Crippen LogP contribution is -2.30. The standard InChI is InChI=1S/C23H23N3O5S2/c1-4-25(33(30,31)21-13-11-20(32-3)12-14-21)18-9-6-17(7-10-18)23(27)24-22-15-19(26(28)29)8-5-16(22)2/h5-15H,4H2,1-3H3,(H,24,27). The van der Waals surface area contributed by atoms with E-state index in [0.717, 1.165) is 4.90 Å². The fourth-order valence-corrected chi connectivity index (χ4v) is 5.08. The van der Waals surface area contributed by atoms with E-state index in [1.807, 2.05) is 6.26 Å². The topological polar surface area (TPSA) is 110 Å². The molecular formula is C23H23N3O5S2. The predicted molar refractivity (Wildman–Crippen MR) is 131 cm³/mol. The van der Waals surface area contributed by atoms with Gasteiger partial charge < -0.3 is 5.32 Å². The van der Waals surface area contributed by atoms with E-state index in [-0.39, 0.29) is 17.1 Å². The molecule has 3 rings (SSSR count). The van der Waals surface area contributed by atoms with E-state index < -0.39 is 20.9 Å². The van der Waals surface area contributed by atoms with Crippen LogP contribution in [0, 0.1) is 17.0 Å². The minimum Gasteiger partial charge on any atom is -0.321 e. The van der Waals surface area contributed by atoms with Crippen LogP contribution in [0.5, 0.6) is 0 Å². The first-order chi connectivity index (χ1) is 15.7.